The van der Waals surface area contributed by atoms with E-state index in [1.165, 1.54) is 5.56 Å². The molecule has 2 aromatic carbocycles. The lowest BCUT2D eigenvalue weighted by atomic mass is 10.1. The van der Waals surface area contributed by atoms with E-state index in [0.717, 1.165) is 17.8 Å². The zero-order valence-electron chi connectivity index (χ0n) is 16.8. The Morgan fingerprint density at radius 3 is 2.73 bits per heavy atom. The van der Waals surface area contributed by atoms with Gasteiger partial charge in [0.2, 0.25) is 11.8 Å². The Bertz CT molecular complexity index is 1020. The van der Waals surface area contributed by atoms with Crippen molar-refractivity contribution in [1.82, 2.24) is 14.9 Å². The van der Waals surface area contributed by atoms with Crippen molar-refractivity contribution < 1.29 is 14.3 Å². The number of anilines is 1. The van der Waals surface area contributed by atoms with Crippen LogP contribution in [0.3, 0.4) is 0 Å². The number of imidazole rings is 1. The van der Waals surface area contributed by atoms with E-state index in [9.17, 15) is 9.59 Å². The lowest BCUT2D eigenvalue weighted by molar-refractivity contribution is -0.126. The quantitative estimate of drug-likeness (QED) is 0.657. The minimum absolute atomic E-state index is 0.0488. The molecule has 3 aromatic rings. The molecule has 7 heteroatoms. The third-order valence-corrected chi connectivity index (χ3v) is 5.27. The molecule has 1 N–H and O–H groups in total. The maximum atomic E-state index is 12.6. The molecule has 2 heterocycles. The molecule has 0 unspecified atom stereocenters. The molecule has 0 radical (unpaired) electrons. The number of aromatic nitrogens is 2. The van der Waals surface area contributed by atoms with Crippen LogP contribution in [0.5, 0.6) is 5.75 Å². The van der Waals surface area contributed by atoms with Gasteiger partial charge < -0.3 is 19.5 Å². The van der Waals surface area contributed by atoms with Crippen LogP contribution in [0.25, 0.3) is 0 Å². The Labute approximate surface area is 175 Å². The molecule has 1 saturated heterocycles. The van der Waals surface area contributed by atoms with Crippen LogP contribution in [0.2, 0.25) is 0 Å². The van der Waals surface area contributed by atoms with Crippen LogP contribution in [-0.2, 0) is 22.7 Å². The first-order valence-electron chi connectivity index (χ1n) is 9.88. The average molecular weight is 404 g/mol. The molecule has 1 atom stereocenters. The molecule has 1 aliphatic heterocycles. The number of carbonyl (C=O) groups is 2. The SMILES string of the molecule is COc1cccc(N2C[C@@H](C(=O)NCc3ccc(Cn4ccnc4)cc3)CC2=O)c1. The van der Waals surface area contributed by atoms with Crippen LogP contribution in [0.15, 0.2) is 67.3 Å². The van der Waals surface area contributed by atoms with E-state index >= 15 is 0 Å². The maximum absolute atomic E-state index is 12.6. The minimum Gasteiger partial charge on any atom is -0.497 e. The van der Waals surface area contributed by atoms with E-state index in [1.807, 2.05) is 59.3 Å². The van der Waals surface area contributed by atoms with E-state index < -0.39 is 0 Å². The summed E-state index contributed by atoms with van der Waals surface area (Å²) in [7, 11) is 1.59. The maximum Gasteiger partial charge on any atom is 0.227 e. The Morgan fingerprint density at radius 2 is 2.00 bits per heavy atom. The molecule has 7 nitrogen and oxygen atoms in total. The monoisotopic (exact) mass is 404 g/mol. The number of nitrogens with one attached hydrogen (secondary N) is 1. The highest BCUT2D eigenvalue weighted by atomic mass is 16.5. The predicted molar refractivity (Wildman–Crippen MR) is 113 cm³/mol. The summed E-state index contributed by atoms with van der Waals surface area (Å²) < 4.78 is 7.23. The van der Waals surface area contributed by atoms with Gasteiger partial charge in [0.05, 0.1) is 19.4 Å². The highest BCUT2D eigenvalue weighted by molar-refractivity contribution is 6.00. The molecule has 30 heavy (non-hydrogen) atoms. The summed E-state index contributed by atoms with van der Waals surface area (Å²) in [6.45, 7) is 1.58. The van der Waals surface area contributed by atoms with Crippen molar-refractivity contribution >= 4 is 17.5 Å². The molecule has 4 rings (SSSR count). The number of nitrogens with zero attached hydrogens (tertiary/aromatic N) is 3. The first kappa shape index (κ1) is 19.7. The van der Waals surface area contributed by atoms with Gasteiger partial charge >= 0.3 is 0 Å². The van der Waals surface area contributed by atoms with Gasteiger partial charge in [0.25, 0.3) is 0 Å². The summed E-state index contributed by atoms with van der Waals surface area (Å²) in [5.41, 5.74) is 2.94. The Hall–Kier alpha value is -3.61. The molecule has 1 aliphatic rings. The zero-order chi connectivity index (χ0) is 20.9. The fraction of sp³-hybridized carbons (Fsp3) is 0.261. The molecule has 154 valence electrons. The van der Waals surface area contributed by atoms with Crippen LogP contribution >= 0.6 is 0 Å². The first-order valence-corrected chi connectivity index (χ1v) is 9.88. The second kappa shape index (κ2) is 8.82. The van der Waals surface area contributed by atoms with Crippen LogP contribution < -0.4 is 15.0 Å². The van der Waals surface area contributed by atoms with Gasteiger partial charge in [-0.2, -0.15) is 0 Å². The summed E-state index contributed by atoms with van der Waals surface area (Å²) in [6, 6.07) is 15.4. The van der Waals surface area contributed by atoms with Crippen molar-refractivity contribution in [2.45, 2.75) is 19.5 Å². The summed E-state index contributed by atoms with van der Waals surface area (Å²) in [6.07, 6.45) is 5.68. The minimum atomic E-state index is -0.357. The lowest BCUT2D eigenvalue weighted by Crippen LogP contribution is -2.32. The van der Waals surface area contributed by atoms with Crippen molar-refractivity contribution in [1.29, 1.82) is 0 Å². The molecular formula is C23H24N4O3. The Kier molecular flexibility index (Phi) is 5.79. The van der Waals surface area contributed by atoms with Crippen molar-refractivity contribution in [3.8, 4) is 5.75 Å². The van der Waals surface area contributed by atoms with Crippen molar-refractivity contribution in [3.05, 3.63) is 78.4 Å². The number of hydrogen-bond donors (Lipinski definition) is 1. The van der Waals surface area contributed by atoms with Crippen LogP contribution in [-0.4, -0.2) is 35.0 Å². The molecule has 2 amide bonds. The average Bonchev–Trinajstić information content (AvgIpc) is 3.42. The van der Waals surface area contributed by atoms with Gasteiger partial charge in [0.15, 0.2) is 0 Å². The number of hydrogen-bond acceptors (Lipinski definition) is 4. The van der Waals surface area contributed by atoms with Gasteiger partial charge in [-0.3, -0.25) is 9.59 Å². The largest absolute Gasteiger partial charge is 0.497 e. The third kappa shape index (κ3) is 4.51. The van der Waals surface area contributed by atoms with E-state index in [4.69, 9.17) is 4.74 Å². The summed E-state index contributed by atoms with van der Waals surface area (Å²) in [5, 5.41) is 2.96. The van der Waals surface area contributed by atoms with Gasteiger partial charge in [-0.05, 0) is 23.3 Å². The van der Waals surface area contributed by atoms with Gasteiger partial charge in [-0.25, -0.2) is 4.98 Å². The summed E-state index contributed by atoms with van der Waals surface area (Å²) in [5.74, 6) is 0.178. The number of methoxy groups -OCH3 is 1. The van der Waals surface area contributed by atoms with Gasteiger partial charge in [0.1, 0.15) is 5.75 Å². The molecule has 1 aromatic heterocycles. The second-order valence-corrected chi connectivity index (χ2v) is 7.38. The van der Waals surface area contributed by atoms with Gasteiger partial charge in [-0.1, -0.05) is 30.3 Å². The summed E-state index contributed by atoms with van der Waals surface area (Å²) >= 11 is 0. The fourth-order valence-electron chi connectivity index (χ4n) is 3.60. The van der Waals surface area contributed by atoms with E-state index in [1.54, 1.807) is 24.5 Å². The van der Waals surface area contributed by atoms with Crippen LogP contribution in [0.4, 0.5) is 5.69 Å². The first-order chi connectivity index (χ1) is 14.6. The second-order valence-electron chi connectivity index (χ2n) is 7.38. The molecule has 0 saturated carbocycles. The number of rotatable bonds is 7. The Morgan fingerprint density at radius 1 is 1.20 bits per heavy atom. The molecule has 0 bridgehead atoms. The topological polar surface area (TPSA) is 76.5 Å². The van der Waals surface area contributed by atoms with E-state index in [0.29, 0.717) is 18.8 Å². The smallest absolute Gasteiger partial charge is 0.227 e. The molecule has 0 spiro atoms. The number of carbonyl (C=O) groups excluding carboxylic acids is 2. The molecular weight excluding hydrogens is 380 g/mol. The van der Waals surface area contributed by atoms with Gasteiger partial charge in [0, 0.05) is 50.2 Å². The van der Waals surface area contributed by atoms with E-state index in [-0.39, 0.29) is 24.2 Å². The number of ether oxygens (including phenoxy) is 1. The molecule has 0 aliphatic carbocycles. The van der Waals surface area contributed by atoms with Crippen molar-refractivity contribution in [3.63, 3.8) is 0 Å². The van der Waals surface area contributed by atoms with Crippen molar-refractivity contribution in [2.75, 3.05) is 18.6 Å². The highest BCUT2D eigenvalue weighted by Gasteiger charge is 2.35. The van der Waals surface area contributed by atoms with E-state index in [2.05, 4.69) is 10.3 Å². The number of benzene rings is 2. The van der Waals surface area contributed by atoms with Crippen LogP contribution in [0, 0.1) is 5.92 Å². The highest BCUT2D eigenvalue weighted by Crippen LogP contribution is 2.28. The zero-order valence-corrected chi connectivity index (χ0v) is 16.8. The van der Waals surface area contributed by atoms with Crippen molar-refractivity contribution in [2.24, 2.45) is 5.92 Å². The predicted octanol–water partition coefficient (Wildman–Crippen LogP) is 2.61. The standard InChI is InChI=1S/C23H24N4O3/c1-30-21-4-2-3-20(12-21)27-15-19(11-22(27)28)23(29)25-13-17-5-7-18(8-6-17)14-26-10-9-24-16-26/h2-10,12,16,19H,11,13-15H2,1H3,(H,25,29)/t19-/m0/s1. The lowest BCUT2D eigenvalue weighted by Gasteiger charge is -2.17. The van der Waals surface area contributed by atoms with Crippen LogP contribution in [0.1, 0.15) is 17.5 Å². The molecule has 1 fully saturated rings. The normalized spacial score (nSPS) is 16.0. The third-order valence-electron chi connectivity index (χ3n) is 5.27. The number of amides is 2. The summed E-state index contributed by atoms with van der Waals surface area (Å²) in [4.78, 5) is 30.7. The Balaban J connectivity index is 1.31. The fourth-order valence-corrected chi connectivity index (χ4v) is 3.60. The van der Waals surface area contributed by atoms with Gasteiger partial charge in [-0.15, -0.1) is 0 Å².